The van der Waals surface area contributed by atoms with E-state index in [0.717, 1.165) is 39.0 Å². The van der Waals surface area contributed by atoms with Gasteiger partial charge in [0.15, 0.2) is 0 Å². The van der Waals surface area contributed by atoms with Crippen LogP contribution in [-0.2, 0) is 9.53 Å². The largest absolute Gasteiger partial charge is 0.480 e. The highest BCUT2D eigenvalue weighted by Gasteiger charge is 2.18. The lowest BCUT2D eigenvalue weighted by atomic mass is 10.1. The lowest BCUT2D eigenvalue weighted by Crippen LogP contribution is -2.39. The molecular formula is C11H22ClNO3. The monoisotopic (exact) mass is 251 g/mol. The van der Waals surface area contributed by atoms with Crippen molar-refractivity contribution in [3.63, 3.8) is 0 Å². The highest BCUT2D eigenvalue weighted by atomic mass is 35.5. The average Bonchev–Trinajstić information content (AvgIpc) is 2.18. The van der Waals surface area contributed by atoms with Crippen LogP contribution in [0.3, 0.4) is 0 Å². The fraction of sp³-hybridized carbons (Fsp3) is 0.909. The molecule has 1 atom stereocenters. The molecule has 1 fully saturated rings. The van der Waals surface area contributed by atoms with Crippen LogP contribution < -0.4 is 0 Å². The zero-order valence-electron chi connectivity index (χ0n) is 9.85. The molecule has 5 heteroatoms. The van der Waals surface area contributed by atoms with Crippen LogP contribution in [0.15, 0.2) is 0 Å². The topological polar surface area (TPSA) is 49.8 Å². The summed E-state index contributed by atoms with van der Waals surface area (Å²) in [6.07, 6.45) is 4.64. The van der Waals surface area contributed by atoms with E-state index in [2.05, 4.69) is 6.92 Å². The van der Waals surface area contributed by atoms with E-state index in [4.69, 9.17) is 9.84 Å². The molecule has 1 saturated heterocycles. The van der Waals surface area contributed by atoms with E-state index < -0.39 is 5.97 Å². The van der Waals surface area contributed by atoms with Gasteiger partial charge in [0.05, 0.1) is 12.6 Å². The summed E-state index contributed by atoms with van der Waals surface area (Å²) in [5.74, 6) is -0.751. The molecule has 1 rings (SSSR count). The van der Waals surface area contributed by atoms with Gasteiger partial charge in [-0.25, -0.2) is 0 Å². The Balaban J connectivity index is 0.00000225. The lowest BCUT2D eigenvalue weighted by molar-refractivity contribution is -0.138. The number of ether oxygens (including phenoxy) is 1. The van der Waals surface area contributed by atoms with Crippen molar-refractivity contribution in [2.75, 3.05) is 26.2 Å². The molecule has 96 valence electrons. The number of carboxylic acid groups (broad SMARTS) is 1. The molecule has 0 radical (unpaired) electrons. The Labute approximate surface area is 103 Å². The van der Waals surface area contributed by atoms with E-state index in [1.54, 1.807) is 0 Å². The second-order valence-corrected chi connectivity index (χ2v) is 4.12. The average molecular weight is 252 g/mol. The molecule has 4 nitrogen and oxygen atoms in total. The normalized spacial score (nSPS) is 20.5. The number of hydrogen-bond acceptors (Lipinski definition) is 3. The number of aliphatic carboxylic acids is 1. The van der Waals surface area contributed by atoms with Gasteiger partial charge < -0.3 is 9.84 Å². The summed E-state index contributed by atoms with van der Waals surface area (Å²) in [4.78, 5) is 12.6. The zero-order chi connectivity index (χ0) is 11.1. The van der Waals surface area contributed by atoms with Crippen LogP contribution >= 0.6 is 12.4 Å². The van der Waals surface area contributed by atoms with Crippen LogP contribution in [0, 0.1) is 0 Å². The third-order valence-corrected chi connectivity index (χ3v) is 2.63. The number of nitrogens with zero attached hydrogens (tertiary/aromatic N) is 1. The molecular weight excluding hydrogens is 230 g/mol. The van der Waals surface area contributed by atoms with E-state index in [9.17, 15) is 4.79 Å². The molecule has 1 N–H and O–H groups in total. The lowest BCUT2D eigenvalue weighted by Gasteiger charge is -2.28. The summed E-state index contributed by atoms with van der Waals surface area (Å²) in [5, 5.41) is 8.76. The standard InChI is InChI=1S/C11H21NO3.ClH/c1-2-6-12(9-11(13)14)8-10-5-3-4-7-15-10;/h10H,2-9H2,1H3,(H,13,14);1H. The van der Waals surface area contributed by atoms with Crippen molar-refractivity contribution in [1.82, 2.24) is 4.90 Å². The van der Waals surface area contributed by atoms with Gasteiger partial charge in [-0.05, 0) is 32.2 Å². The van der Waals surface area contributed by atoms with Crippen molar-refractivity contribution < 1.29 is 14.6 Å². The van der Waals surface area contributed by atoms with Crippen LogP contribution in [0.1, 0.15) is 32.6 Å². The molecule has 0 amide bonds. The highest BCUT2D eigenvalue weighted by Crippen LogP contribution is 2.13. The SMILES string of the molecule is CCCN(CC(=O)O)CC1CCCCO1.Cl. The van der Waals surface area contributed by atoms with Crippen molar-refractivity contribution in [3.8, 4) is 0 Å². The Morgan fingerprint density at radius 1 is 1.50 bits per heavy atom. The van der Waals surface area contributed by atoms with Gasteiger partial charge >= 0.3 is 5.97 Å². The molecule has 0 bridgehead atoms. The van der Waals surface area contributed by atoms with Crippen LogP contribution in [0.2, 0.25) is 0 Å². The summed E-state index contributed by atoms with van der Waals surface area (Å²) in [5.41, 5.74) is 0. The summed E-state index contributed by atoms with van der Waals surface area (Å²) in [7, 11) is 0. The minimum atomic E-state index is -0.751. The Hall–Kier alpha value is -0.320. The van der Waals surface area contributed by atoms with Crippen LogP contribution in [0.25, 0.3) is 0 Å². The molecule has 0 aromatic heterocycles. The maximum Gasteiger partial charge on any atom is 0.317 e. The maximum atomic E-state index is 10.6. The van der Waals surface area contributed by atoms with Crippen molar-refractivity contribution >= 4 is 18.4 Å². The molecule has 0 aromatic carbocycles. The van der Waals surface area contributed by atoms with E-state index in [-0.39, 0.29) is 25.1 Å². The number of carbonyl (C=O) groups is 1. The van der Waals surface area contributed by atoms with E-state index in [0.29, 0.717) is 0 Å². The molecule has 16 heavy (non-hydrogen) atoms. The first-order chi connectivity index (χ1) is 7.22. The fourth-order valence-electron chi connectivity index (χ4n) is 1.98. The fourth-order valence-corrected chi connectivity index (χ4v) is 1.98. The molecule has 0 aliphatic carbocycles. The molecule has 0 saturated carbocycles. The third kappa shape index (κ3) is 6.30. The van der Waals surface area contributed by atoms with Crippen LogP contribution in [0.5, 0.6) is 0 Å². The van der Waals surface area contributed by atoms with Gasteiger partial charge in [-0.15, -0.1) is 12.4 Å². The zero-order valence-corrected chi connectivity index (χ0v) is 10.7. The first-order valence-corrected chi connectivity index (χ1v) is 5.78. The predicted octanol–water partition coefficient (Wildman–Crippen LogP) is 1.77. The van der Waals surface area contributed by atoms with Crippen molar-refractivity contribution in [1.29, 1.82) is 0 Å². The molecule has 1 aliphatic heterocycles. The minimum Gasteiger partial charge on any atom is -0.480 e. The quantitative estimate of drug-likeness (QED) is 0.782. The van der Waals surface area contributed by atoms with Crippen molar-refractivity contribution in [2.24, 2.45) is 0 Å². The molecule has 1 aliphatic rings. The number of hydrogen-bond donors (Lipinski definition) is 1. The summed E-state index contributed by atoms with van der Waals surface area (Å²) in [6, 6.07) is 0. The molecule has 1 heterocycles. The second-order valence-electron chi connectivity index (χ2n) is 4.12. The Kier molecular flexibility index (Phi) is 8.61. The highest BCUT2D eigenvalue weighted by molar-refractivity contribution is 5.85. The maximum absolute atomic E-state index is 10.6. The van der Waals surface area contributed by atoms with Gasteiger partial charge in [0.25, 0.3) is 0 Å². The van der Waals surface area contributed by atoms with Gasteiger partial charge in [-0.1, -0.05) is 6.92 Å². The number of halogens is 1. The van der Waals surface area contributed by atoms with Gasteiger partial charge in [0, 0.05) is 13.2 Å². The van der Waals surface area contributed by atoms with E-state index in [1.807, 2.05) is 4.90 Å². The first kappa shape index (κ1) is 15.7. The van der Waals surface area contributed by atoms with Gasteiger partial charge in [-0.3, -0.25) is 9.69 Å². The van der Waals surface area contributed by atoms with E-state index >= 15 is 0 Å². The van der Waals surface area contributed by atoms with Crippen LogP contribution in [-0.4, -0.2) is 48.3 Å². The summed E-state index contributed by atoms with van der Waals surface area (Å²) >= 11 is 0. The summed E-state index contributed by atoms with van der Waals surface area (Å²) in [6.45, 7) is 4.63. The van der Waals surface area contributed by atoms with Crippen LogP contribution in [0.4, 0.5) is 0 Å². The van der Waals surface area contributed by atoms with Crippen molar-refractivity contribution in [2.45, 2.75) is 38.7 Å². The molecule has 0 spiro atoms. The summed E-state index contributed by atoms with van der Waals surface area (Å²) < 4.78 is 5.60. The minimum absolute atomic E-state index is 0. The second kappa shape index (κ2) is 8.79. The van der Waals surface area contributed by atoms with Gasteiger partial charge in [0.1, 0.15) is 0 Å². The number of rotatable bonds is 6. The Morgan fingerprint density at radius 2 is 2.25 bits per heavy atom. The smallest absolute Gasteiger partial charge is 0.317 e. The molecule has 0 aromatic rings. The Morgan fingerprint density at radius 3 is 2.75 bits per heavy atom. The van der Waals surface area contributed by atoms with Gasteiger partial charge in [0.2, 0.25) is 0 Å². The third-order valence-electron chi connectivity index (χ3n) is 2.63. The van der Waals surface area contributed by atoms with E-state index in [1.165, 1.54) is 6.42 Å². The number of carboxylic acids is 1. The van der Waals surface area contributed by atoms with Crippen molar-refractivity contribution in [3.05, 3.63) is 0 Å². The predicted molar refractivity (Wildman–Crippen MR) is 65.2 cm³/mol. The molecule has 1 unspecified atom stereocenters. The van der Waals surface area contributed by atoms with Gasteiger partial charge in [-0.2, -0.15) is 0 Å². The Bertz CT molecular complexity index is 196. The first-order valence-electron chi connectivity index (χ1n) is 5.78.